The first-order chi connectivity index (χ1) is 8.84. The normalized spacial score (nSPS) is 22.1. The number of sulfonamides is 1. The Labute approximate surface area is 115 Å². The monoisotopic (exact) mass is 285 g/mol. The summed E-state index contributed by atoms with van der Waals surface area (Å²) in [6.45, 7) is 8.35. The van der Waals surface area contributed by atoms with E-state index < -0.39 is 10.0 Å². The van der Waals surface area contributed by atoms with E-state index >= 15 is 0 Å². The lowest BCUT2D eigenvalue weighted by Gasteiger charge is -2.32. The van der Waals surface area contributed by atoms with Crippen LogP contribution in [0.1, 0.15) is 51.8 Å². The summed E-state index contributed by atoms with van der Waals surface area (Å²) < 4.78 is 28.8. The molecule has 0 spiro atoms. The molecular formula is C13H23N3O2S. The molecule has 1 saturated heterocycles. The maximum atomic E-state index is 12.7. The van der Waals surface area contributed by atoms with Crippen LogP contribution in [-0.2, 0) is 10.0 Å². The van der Waals surface area contributed by atoms with Gasteiger partial charge in [-0.05, 0) is 40.5 Å². The minimum atomic E-state index is -3.40. The van der Waals surface area contributed by atoms with Gasteiger partial charge in [0.05, 0.1) is 5.69 Å². The van der Waals surface area contributed by atoms with Gasteiger partial charge in [-0.3, -0.25) is 4.68 Å². The van der Waals surface area contributed by atoms with Gasteiger partial charge in [0.1, 0.15) is 4.90 Å². The van der Waals surface area contributed by atoms with E-state index in [1.165, 1.54) is 0 Å². The third kappa shape index (κ3) is 2.69. The van der Waals surface area contributed by atoms with E-state index in [2.05, 4.69) is 5.10 Å². The highest BCUT2D eigenvalue weighted by Crippen LogP contribution is 2.27. The van der Waals surface area contributed by atoms with Gasteiger partial charge < -0.3 is 0 Å². The number of aryl methyl sites for hydroxylation is 1. The summed E-state index contributed by atoms with van der Waals surface area (Å²) in [6, 6.07) is 0.252. The van der Waals surface area contributed by atoms with Gasteiger partial charge in [-0.2, -0.15) is 9.40 Å². The van der Waals surface area contributed by atoms with Gasteiger partial charge in [0.2, 0.25) is 10.0 Å². The molecule has 0 bridgehead atoms. The van der Waals surface area contributed by atoms with E-state index in [9.17, 15) is 8.42 Å². The Hall–Kier alpha value is -0.880. The summed E-state index contributed by atoms with van der Waals surface area (Å²) in [6.07, 6.45) is 4.66. The van der Waals surface area contributed by atoms with E-state index in [1.54, 1.807) is 22.1 Å². The van der Waals surface area contributed by atoms with Crippen molar-refractivity contribution in [2.45, 2.75) is 63.9 Å². The van der Waals surface area contributed by atoms with E-state index in [0.29, 0.717) is 17.1 Å². The van der Waals surface area contributed by atoms with Crippen LogP contribution in [0.2, 0.25) is 0 Å². The quantitative estimate of drug-likeness (QED) is 0.856. The predicted molar refractivity (Wildman–Crippen MR) is 74.6 cm³/mol. The minimum absolute atomic E-state index is 0.0838. The van der Waals surface area contributed by atoms with E-state index in [4.69, 9.17) is 0 Å². The fraction of sp³-hybridized carbons (Fsp3) is 0.769. The number of aromatic nitrogens is 2. The van der Waals surface area contributed by atoms with Crippen LogP contribution in [0.3, 0.4) is 0 Å². The zero-order valence-electron chi connectivity index (χ0n) is 12.1. The Bertz CT molecular complexity index is 548. The van der Waals surface area contributed by atoms with Crippen LogP contribution in [0.5, 0.6) is 0 Å². The number of hydrogen-bond acceptors (Lipinski definition) is 3. The molecule has 0 amide bonds. The van der Waals surface area contributed by atoms with E-state index in [1.807, 2.05) is 20.8 Å². The van der Waals surface area contributed by atoms with Gasteiger partial charge in [-0.1, -0.05) is 6.42 Å². The zero-order valence-corrected chi connectivity index (χ0v) is 12.9. The SMILES string of the molecule is Cc1nn(C(C)C)cc1S(=O)(=O)N1CCCCC1C. The molecule has 6 heteroatoms. The summed E-state index contributed by atoms with van der Waals surface area (Å²) in [5, 5.41) is 4.31. The number of hydrogen-bond donors (Lipinski definition) is 0. The highest BCUT2D eigenvalue weighted by Gasteiger charge is 2.33. The Kier molecular flexibility index (Phi) is 4.01. The third-order valence-electron chi connectivity index (χ3n) is 3.73. The van der Waals surface area contributed by atoms with Crippen molar-refractivity contribution in [2.75, 3.05) is 6.54 Å². The van der Waals surface area contributed by atoms with Gasteiger partial charge in [0.25, 0.3) is 0 Å². The molecule has 0 N–H and O–H groups in total. The number of rotatable bonds is 3. The van der Waals surface area contributed by atoms with E-state index in [0.717, 1.165) is 19.3 Å². The maximum Gasteiger partial charge on any atom is 0.246 e. The second kappa shape index (κ2) is 5.25. The molecule has 108 valence electrons. The molecular weight excluding hydrogens is 262 g/mol. The van der Waals surface area contributed by atoms with Crippen molar-refractivity contribution in [3.05, 3.63) is 11.9 Å². The molecule has 1 aliphatic rings. The highest BCUT2D eigenvalue weighted by molar-refractivity contribution is 7.89. The van der Waals surface area contributed by atoms with Crippen LogP contribution in [0.4, 0.5) is 0 Å². The molecule has 1 atom stereocenters. The molecule has 2 heterocycles. The zero-order chi connectivity index (χ0) is 14.2. The first-order valence-electron chi connectivity index (χ1n) is 6.91. The van der Waals surface area contributed by atoms with Gasteiger partial charge in [-0.25, -0.2) is 8.42 Å². The largest absolute Gasteiger partial charge is 0.269 e. The first kappa shape index (κ1) is 14.5. The lowest BCUT2D eigenvalue weighted by molar-refractivity contribution is 0.268. The summed E-state index contributed by atoms with van der Waals surface area (Å²) in [5.74, 6) is 0. The Morgan fingerprint density at radius 3 is 2.58 bits per heavy atom. The Morgan fingerprint density at radius 2 is 2.05 bits per heavy atom. The molecule has 1 aromatic heterocycles. The van der Waals surface area contributed by atoms with Crippen molar-refractivity contribution in [2.24, 2.45) is 0 Å². The molecule has 0 aliphatic carbocycles. The van der Waals surface area contributed by atoms with E-state index in [-0.39, 0.29) is 12.1 Å². The van der Waals surface area contributed by atoms with Gasteiger partial charge >= 0.3 is 0 Å². The smallest absolute Gasteiger partial charge is 0.246 e. The Morgan fingerprint density at radius 1 is 1.37 bits per heavy atom. The van der Waals surface area contributed by atoms with Crippen molar-refractivity contribution in [3.8, 4) is 0 Å². The average Bonchev–Trinajstić information content (AvgIpc) is 2.72. The van der Waals surface area contributed by atoms with Crippen molar-refractivity contribution >= 4 is 10.0 Å². The lowest BCUT2D eigenvalue weighted by atomic mass is 10.1. The van der Waals surface area contributed by atoms with Crippen molar-refractivity contribution < 1.29 is 8.42 Å². The Balaban J connectivity index is 2.38. The molecule has 1 unspecified atom stereocenters. The summed E-state index contributed by atoms with van der Waals surface area (Å²) >= 11 is 0. The van der Waals surface area contributed by atoms with Gasteiger partial charge in [0.15, 0.2) is 0 Å². The van der Waals surface area contributed by atoms with Crippen LogP contribution in [0.15, 0.2) is 11.1 Å². The van der Waals surface area contributed by atoms with Crippen molar-refractivity contribution in [1.29, 1.82) is 0 Å². The second-order valence-corrected chi connectivity index (χ2v) is 7.47. The molecule has 5 nitrogen and oxygen atoms in total. The van der Waals surface area contributed by atoms with Crippen LogP contribution in [0, 0.1) is 6.92 Å². The number of nitrogens with zero attached hydrogens (tertiary/aromatic N) is 3. The predicted octanol–water partition coefficient (Wildman–Crippen LogP) is 2.34. The topological polar surface area (TPSA) is 55.2 Å². The van der Waals surface area contributed by atoms with Crippen molar-refractivity contribution in [3.63, 3.8) is 0 Å². The van der Waals surface area contributed by atoms with Crippen LogP contribution in [-0.4, -0.2) is 35.1 Å². The summed E-state index contributed by atoms with van der Waals surface area (Å²) in [4.78, 5) is 0.356. The van der Waals surface area contributed by atoms with Gasteiger partial charge in [0, 0.05) is 24.8 Å². The third-order valence-corrected chi connectivity index (χ3v) is 5.85. The summed E-state index contributed by atoms with van der Waals surface area (Å²) in [5.41, 5.74) is 0.589. The molecule has 19 heavy (non-hydrogen) atoms. The standard InChI is InChI=1S/C13H23N3O2S/c1-10(2)15-9-13(12(4)14-15)19(17,18)16-8-6-5-7-11(16)3/h9-11H,5-8H2,1-4H3. The lowest BCUT2D eigenvalue weighted by Crippen LogP contribution is -2.42. The average molecular weight is 285 g/mol. The molecule has 1 aromatic rings. The van der Waals surface area contributed by atoms with Gasteiger partial charge in [-0.15, -0.1) is 0 Å². The first-order valence-corrected chi connectivity index (χ1v) is 8.35. The fourth-order valence-corrected chi connectivity index (χ4v) is 4.39. The molecule has 0 aromatic carbocycles. The second-order valence-electron chi connectivity index (χ2n) is 5.61. The number of piperidine rings is 1. The highest BCUT2D eigenvalue weighted by atomic mass is 32.2. The fourth-order valence-electron chi connectivity index (χ4n) is 2.54. The maximum absolute atomic E-state index is 12.7. The van der Waals surface area contributed by atoms with Crippen molar-refractivity contribution in [1.82, 2.24) is 14.1 Å². The molecule has 0 saturated carbocycles. The molecule has 1 fully saturated rings. The molecule has 1 aliphatic heterocycles. The van der Waals surface area contributed by atoms with Crippen LogP contribution in [0.25, 0.3) is 0 Å². The summed E-state index contributed by atoms with van der Waals surface area (Å²) in [7, 11) is -3.40. The minimum Gasteiger partial charge on any atom is -0.269 e. The van der Waals surface area contributed by atoms with Crippen LogP contribution < -0.4 is 0 Å². The van der Waals surface area contributed by atoms with Crippen LogP contribution >= 0.6 is 0 Å². The molecule has 0 radical (unpaired) electrons. The molecule has 2 rings (SSSR count).